The summed E-state index contributed by atoms with van der Waals surface area (Å²) in [4.78, 5) is 0. The third-order valence-electron chi connectivity index (χ3n) is 3.75. The molecular weight excluding hydrogens is 200 g/mol. The zero-order valence-electron chi connectivity index (χ0n) is 10.6. The van der Waals surface area contributed by atoms with E-state index < -0.39 is 8.32 Å². The lowest BCUT2D eigenvalue weighted by atomic mass is 10.1. The Balaban J connectivity index is 2.47. The molecule has 88 valence electrons. The normalized spacial score (nSPS) is 18.5. The van der Waals surface area contributed by atoms with Gasteiger partial charge in [-0.15, -0.1) is 0 Å². The highest BCUT2D eigenvalue weighted by Gasteiger charge is 2.24. The molecule has 15 heavy (non-hydrogen) atoms. The van der Waals surface area contributed by atoms with E-state index in [0.29, 0.717) is 0 Å². The predicted octanol–water partition coefficient (Wildman–Crippen LogP) is 4.86. The van der Waals surface area contributed by atoms with Gasteiger partial charge in [0, 0.05) is 0 Å². The molecule has 0 spiro atoms. The van der Waals surface area contributed by atoms with E-state index in [1.807, 2.05) is 0 Å². The van der Waals surface area contributed by atoms with Crippen LogP contribution in [0.15, 0.2) is 11.8 Å². The minimum atomic E-state index is -1.37. The van der Waals surface area contributed by atoms with E-state index in [1.165, 1.54) is 50.6 Å². The molecule has 0 aromatic heterocycles. The highest BCUT2D eigenvalue weighted by atomic mass is 28.4. The SMILES string of the molecule is CC[Si](C)(CC)OC=C1CCCCCC1. The van der Waals surface area contributed by atoms with Crippen LogP contribution in [0.2, 0.25) is 18.6 Å². The Bertz CT molecular complexity index is 197. The molecule has 0 unspecified atom stereocenters. The Morgan fingerprint density at radius 3 is 2.07 bits per heavy atom. The van der Waals surface area contributed by atoms with E-state index in [1.54, 1.807) is 5.57 Å². The summed E-state index contributed by atoms with van der Waals surface area (Å²) in [7, 11) is -1.37. The van der Waals surface area contributed by atoms with Crippen molar-refractivity contribution in [3.8, 4) is 0 Å². The first kappa shape index (κ1) is 12.8. The van der Waals surface area contributed by atoms with Crippen LogP contribution in [0.4, 0.5) is 0 Å². The third-order valence-corrected chi connectivity index (χ3v) is 7.43. The van der Waals surface area contributed by atoms with E-state index >= 15 is 0 Å². The molecule has 1 aliphatic rings. The van der Waals surface area contributed by atoms with E-state index in [-0.39, 0.29) is 0 Å². The second-order valence-electron chi connectivity index (χ2n) is 4.97. The summed E-state index contributed by atoms with van der Waals surface area (Å²) in [5.41, 5.74) is 1.56. The third kappa shape index (κ3) is 4.41. The van der Waals surface area contributed by atoms with Crippen LogP contribution >= 0.6 is 0 Å². The molecule has 0 bridgehead atoms. The lowest BCUT2D eigenvalue weighted by molar-refractivity contribution is 0.454. The number of hydrogen-bond acceptors (Lipinski definition) is 1. The standard InChI is InChI=1S/C13H26OSi/c1-4-15(3,5-2)14-12-13-10-8-6-7-9-11-13/h12H,4-11H2,1-3H3. The summed E-state index contributed by atoms with van der Waals surface area (Å²) in [5.74, 6) is 0. The summed E-state index contributed by atoms with van der Waals surface area (Å²) in [5, 5.41) is 0. The molecule has 0 aromatic carbocycles. The fourth-order valence-electron chi connectivity index (χ4n) is 1.94. The van der Waals surface area contributed by atoms with Crippen LogP contribution in [0.1, 0.15) is 52.4 Å². The Kier molecular flexibility index (Phi) is 5.44. The second-order valence-corrected chi connectivity index (χ2v) is 9.51. The van der Waals surface area contributed by atoms with Crippen LogP contribution in [-0.4, -0.2) is 8.32 Å². The number of rotatable bonds is 4. The lowest BCUT2D eigenvalue weighted by Gasteiger charge is -2.23. The highest BCUT2D eigenvalue weighted by molar-refractivity contribution is 6.72. The molecule has 1 saturated carbocycles. The Hall–Kier alpha value is -0.243. The molecule has 0 heterocycles. The first-order valence-corrected chi connectivity index (χ1v) is 9.38. The van der Waals surface area contributed by atoms with Crippen molar-refractivity contribution >= 4 is 8.32 Å². The molecule has 0 aromatic rings. The smallest absolute Gasteiger partial charge is 0.246 e. The van der Waals surface area contributed by atoms with Crippen molar-refractivity contribution in [2.45, 2.75) is 71.0 Å². The first-order chi connectivity index (χ1) is 7.20. The predicted molar refractivity (Wildman–Crippen MR) is 69.5 cm³/mol. The van der Waals surface area contributed by atoms with Gasteiger partial charge in [0.05, 0.1) is 6.26 Å². The van der Waals surface area contributed by atoms with Crippen LogP contribution < -0.4 is 0 Å². The molecule has 0 N–H and O–H groups in total. The zero-order chi connectivity index (χ0) is 11.1. The second kappa shape index (κ2) is 6.36. The largest absolute Gasteiger partial charge is 0.549 e. The lowest BCUT2D eigenvalue weighted by Crippen LogP contribution is -2.30. The van der Waals surface area contributed by atoms with Crippen molar-refractivity contribution in [1.29, 1.82) is 0 Å². The summed E-state index contributed by atoms with van der Waals surface area (Å²) < 4.78 is 6.10. The van der Waals surface area contributed by atoms with Gasteiger partial charge in [-0.25, -0.2) is 0 Å². The Labute approximate surface area is 96.0 Å². The molecule has 0 radical (unpaired) electrons. The van der Waals surface area contributed by atoms with Gasteiger partial charge in [0.15, 0.2) is 0 Å². The summed E-state index contributed by atoms with van der Waals surface area (Å²) in [6.07, 6.45) is 10.2. The molecule has 0 atom stereocenters. The molecule has 1 aliphatic carbocycles. The maximum Gasteiger partial charge on any atom is 0.246 e. The van der Waals surface area contributed by atoms with Crippen LogP contribution in [0.5, 0.6) is 0 Å². The van der Waals surface area contributed by atoms with E-state index in [2.05, 4.69) is 26.7 Å². The van der Waals surface area contributed by atoms with Gasteiger partial charge < -0.3 is 4.43 Å². The van der Waals surface area contributed by atoms with E-state index in [0.717, 1.165) is 0 Å². The Morgan fingerprint density at radius 2 is 1.60 bits per heavy atom. The van der Waals surface area contributed by atoms with Crippen molar-refractivity contribution in [2.75, 3.05) is 0 Å². The molecule has 0 amide bonds. The van der Waals surface area contributed by atoms with E-state index in [9.17, 15) is 0 Å². The van der Waals surface area contributed by atoms with Gasteiger partial charge in [0.2, 0.25) is 8.32 Å². The van der Waals surface area contributed by atoms with Crippen molar-refractivity contribution < 1.29 is 4.43 Å². The van der Waals surface area contributed by atoms with Gasteiger partial charge in [0.25, 0.3) is 0 Å². The quantitative estimate of drug-likeness (QED) is 0.378. The average molecular weight is 226 g/mol. The average Bonchev–Trinajstić information content (AvgIpc) is 2.54. The van der Waals surface area contributed by atoms with Gasteiger partial charge in [-0.05, 0) is 49.9 Å². The van der Waals surface area contributed by atoms with Gasteiger partial charge in [0.1, 0.15) is 0 Å². The molecule has 2 heteroatoms. The summed E-state index contributed by atoms with van der Waals surface area (Å²) >= 11 is 0. The van der Waals surface area contributed by atoms with Crippen molar-refractivity contribution in [1.82, 2.24) is 0 Å². The highest BCUT2D eigenvalue weighted by Crippen LogP contribution is 2.24. The summed E-state index contributed by atoms with van der Waals surface area (Å²) in [6.45, 7) is 6.88. The van der Waals surface area contributed by atoms with E-state index in [4.69, 9.17) is 4.43 Å². The van der Waals surface area contributed by atoms with Crippen LogP contribution in [0.3, 0.4) is 0 Å². The molecule has 1 fully saturated rings. The fraction of sp³-hybridized carbons (Fsp3) is 0.846. The first-order valence-electron chi connectivity index (χ1n) is 6.56. The monoisotopic (exact) mass is 226 g/mol. The maximum atomic E-state index is 6.10. The summed E-state index contributed by atoms with van der Waals surface area (Å²) in [6, 6.07) is 2.46. The van der Waals surface area contributed by atoms with Crippen LogP contribution in [-0.2, 0) is 4.43 Å². The molecule has 1 nitrogen and oxygen atoms in total. The van der Waals surface area contributed by atoms with Gasteiger partial charge >= 0.3 is 0 Å². The molecule has 0 aliphatic heterocycles. The van der Waals surface area contributed by atoms with Crippen molar-refractivity contribution in [2.24, 2.45) is 0 Å². The fourth-order valence-corrected chi connectivity index (χ4v) is 3.23. The molecule has 0 saturated heterocycles. The maximum absolute atomic E-state index is 6.10. The number of allylic oxidation sites excluding steroid dienone is 1. The minimum Gasteiger partial charge on any atom is -0.549 e. The van der Waals surface area contributed by atoms with Gasteiger partial charge in [-0.1, -0.05) is 26.7 Å². The van der Waals surface area contributed by atoms with Crippen LogP contribution in [0, 0.1) is 0 Å². The van der Waals surface area contributed by atoms with Crippen molar-refractivity contribution in [3.05, 3.63) is 11.8 Å². The minimum absolute atomic E-state index is 1.23. The van der Waals surface area contributed by atoms with Gasteiger partial charge in [-0.3, -0.25) is 0 Å². The van der Waals surface area contributed by atoms with Gasteiger partial charge in [-0.2, -0.15) is 0 Å². The van der Waals surface area contributed by atoms with Crippen molar-refractivity contribution in [3.63, 3.8) is 0 Å². The Morgan fingerprint density at radius 1 is 1.07 bits per heavy atom. The molecular formula is C13H26OSi. The zero-order valence-corrected chi connectivity index (χ0v) is 11.6. The number of hydrogen-bond donors (Lipinski definition) is 0. The molecule has 1 rings (SSSR count). The topological polar surface area (TPSA) is 9.23 Å². The van der Waals surface area contributed by atoms with Crippen LogP contribution in [0.25, 0.3) is 0 Å².